The molecular formula is C30H41F2N7O2S. The molecule has 1 saturated heterocycles. The first-order valence-corrected chi connectivity index (χ1v) is 16.0. The monoisotopic (exact) mass is 601 g/mol. The van der Waals surface area contributed by atoms with E-state index in [1.54, 1.807) is 34.6 Å². The van der Waals surface area contributed by atoms with Crippen molar-refractivity contribution in [1.82, 2.24) is 19.2 Å². The summed E-state index contributed by atoms with van der Waals surface area (Å²) < 4.78 is 56.0. The largest absolute Gasteiger partial charge is 0.340 e. The number of rotatable bonds is 14. The molecule has 2 heterocycles. The van der Waals surface area contributed by atoms with Crippen LogP contribution in [0.25, 0.3) is 0 Å². The number of halogens is 2. The first-order chi connectivity index (χ1) is 20.2. The minimum Gasteiger partial charge on any atom is -0.340 e. The molecule has 9 nitrogen and oxygen atoms in total. The Morgan fingerprint density at radius 3 is 2.33 bits per heavy atom. The molecule has 1 aromatic heterocycles. The van der Waals surface area contributed by atoms with Crippen LogP contribution in [0.15, 0.2) is 59.6 Å². The van der Waals surface area contributed by atoms with Gasteiger partial charge in [0.05, 0.1) is 4.90 Å². The Hall–Kier alpha value is -3.19. The van der Waals surface area contributed by atoms with Gasteiger partial charge in [0.15, 0.2) is 11.6 Å². The number of hydrogen-bond donors (Lipinski definition) is 3. The standard InChI is InChI=1S/C30H41F2N7O2S/c1-3-22(4-2)21-38-18-13-25(14-19-38)39(17-5-15-33)42(40,41)26-9-6-23(7-10-26)36-30-34-16-12-29(37-30)35-24-8-11-27(31)28(32)20-24/h6-12,16,20,22,25H,3-5,13-15,17-19,21,33H2,1-2H3,(H2,34,35,36,37). The van der Waals surface area contributed by atoms with Crippen molar-refractivity contribution in [2.75, 3.05) is 43.4 Å². The van der Waals surface area contributed by atoms with Gasteiger partial charge in [0.2, 0.25) is 16.0 Å². The molecule has 0 aliphatic carbocycles. The lowest BCUT2D eigenvalue weighted by Crippen LogP contribution is -2.48. The van der Waals surface area contributed by atoms with Crippen molar-refractivity contribution in [3.63, 3.8) is 0 Å². The molecule has 42 heavy (non-hydrogen) atoms. The number of nitrogens with one attached hydrogen (secondary N) is 2. The average Bonchev–Trinajstić information content (AvgIpc) is 2.99. The summed E-state index contributed by atoms with van der Waals surface area (Å²) in [6.45, 7) is 8.11. The van der Waals surface area contributed by atoms with Gasteiger partial charge in [-0.3, -0.25) is 0 Å². The van der Waals surface area contributed by atoms with Crippen molar-refractivity contribution in [1.29, 1.82) is 0 Å². The fourth-order valence-corrected chi connectivity index (χ4v) is 6.96. The maximum absolute atomic E-state index is 13.8. The van der Waals surface area contributed by atoms with Gasteiger partial charge in [0, 0.05) is 42.8 Å². The zero-order chi connectivity index (χ0) is 30.1. The Kier molecular flexibility index (Phi) is 11.2. The van der Waals surface area contributed by atoms with Gasteiger partial charge in [0.25, 0.3) is 0 Å². The molecule has 0 bridgehead atoms. The summed E-state index contributed by atoms with van der Waals surface area (Å²) in [6.07, 6.45) is 6.03. The summed E-state index contributed by atoms with van der Waals surface area (Å²) in [5, 5.41) is 5.97. The van der Waals surface area contributed by atoms with E-state index < -0.39 is 21.7 Å². The predicted octanol–water partition coefficient (Wildman–Crippen LogP) is 5.48. The Labute approximate surface area is 247 Å². The first kappa shape index (κ1) is 31.7. The van der Waals surface area contributed by atoms with Gasteiger partial charge >= 0.3 is 0 Å². The zero-order valence-corrected chi connectivity index (χ0v) is 25.1. The molecule has 12 heteroatoms. The van der Waals surface area contributed by atoms with E-state index in [-0.39, 0.29) is 16.9 Å². The molecule has 3 aromatic rings. The SMILES string of the molecule is CCC(CC)CN1CCC(N(CCCN)S(=O)(=O)c2ccc(Nc3nccc(Nc4ccc(F)c(F)c4)n3)cc2)CC1. The third-order valence-electron chi connectivity index (χ3n) is 7.78. The van der Waals surface area contributed by atoms with Crippen molar-refractivity contribution >= 4 is 33.2 Å². The third-order valence-corrected chi connectivity index (χ3v) is 9.75. The smallest absolute Gasteiger partial charge is 0.243 e. The van der Waals surface area contributed by atoms with Crippen LogP contribution < -0.4 is 16.4 Å². The van der Waals surface area contributed by atoms with Gasteiger partial charge in [-0.2, -0.15) is 9.29 Å². The number of nitrogens with zero attached hydrogens (tertiary/aromatic N) is 4. The Balaban J connectivity index is 1.42. The van der Waals surface area contributed by atoms with Crippen LogP contribution >= 0.6 is 0 Å². The second-order valence-corrected chi connectivity index (χ2v) is 12.5. The first-order valence-electron chi connectivity index (χ1n) is 14.6. The molecule has 0 radical (unpaired) electrons. The van der Waals surface area contributed by atoms with Crippen molar-refractivity contribution in [2.45, 2.75) is 56.9 Å². The van der Waals surface area contributed by atoms with Crippen LogP contribution in [0, 0.1) is 17.6 Å². The highest BCUT2D eigenvalue weighted by Gasteiger charge is 2.33. The third kappa shape index (κ3) is 8.21. The number of likely N-dealkylation sites (tertiary alicyclic amines) is 1. The molecule has 0 unspecified atom stereocenters. The van der Waals surface area contributed by atoms with E-state index in [0.717, 1.165) is 57.5 Å². The van der Waals surface area contributed by atoms with Crippen molar-refractivity contribution < 1.29 is 17.2 Å². The highest BCUT2D eigenvalue weighted by Crippen LogP contribution is 2.27. The molecule has 228 valence electrons. The molecule has 4 rings (SSSR count). The minimum atomic E-state index is -3.73. The Morgan fingerprint density at radius 2 is 1.69 bits per heavy atom. The van der Waals surface area contributed by atoms with Crippen LogP contribution in [0.2, 0.25) is 0 Å². The van der Waals surface area contributed by atoms with E-state index >= 15 is 0 Å². The van der Waals surface area contributed by atoms with E-state index in [1.165, 1.54) is 12.3 Å². The minimum absolute atomic E-state index is 0.0597. The van der Waals surface area contributed by atoms with Crippen LogP contribution in [0.5, 0.6) is 0 Å². The molecule has 0 spiro atoms. The van der Waals surface area contributed by atoms with E-state index in [2.05, 4.69) is 39.3 Å². The average molecular weight is 602 g/mol. The van der Waals surface area contributed by atoms with Crippen LogP contribution in [0.3, 0.4) is 0 Å². The number of benzene rings is 2. The topological polar surface area (TPSA) is 116 Å². The molecule has 0 amide bonds. The normalized spacial score (nSPS) is 14.9. The van der Waals surface area contributed by atoms with Crippen LogP contribution in [0.1, 0.15) is 46.0 Å². The molecule has 0 atom stereocenters. The zero-order valence-electron chi connectivity index (χ0n) is 24.3. The lowest BCUT2D eigenvalue weighted by molar-refractivity contribution is 0.139. The number of anilines is 4. The number of piperidine rings is 1. The summed E-state index contributed by atoms with van der Waals surface area (Å²) in [7, 11) is -3.73. The van der Waals surface area contributed by atoms with Gasteiger partial charge in [-0.05, 0) is 87.3 Å². The maximum Gasteiger partial charge on any atom is 0.243 e. The quantitative estimate of drug-likeness (QED) is 0.222. The predicted molar refractivity (Wildman–Crippen MR) is 162 cm³/mol. The fraction of sp³-hybridized carbons (Fsp3) is 0.467. The molecule has 1 fully saturated rings. The summed E-state index contributed by atoms with van der Waals surface area (Å²) in [6, 6.07) is 11.5. The lowest BCUT2D eigenvalue weighted by atomic mass is 9.99. The molecule has 4 N–H and O–H groups in total. The van der Waals surface area contributed by atoms with E-state index in [0.29, 0.717) is 42.6 Å². The highest BCUT2D eigenvalue weighted by molar-refractivity contribution is 7.89. The van der Waals surface area contributed by atoms with Crippen LogP contribution in [-0.4, -0.2) is 66.4 Å². The summed E-state index contributed by atoms with van der Waals surface area (Å²) in [5.74, 6) is -0.598. The number of sulfonamides is 1. The Morgan fingerprint density at radius 1 is 1.00 bits per heavy atom. The molecule has 1 aliphatic rings. The second kappa shape index (κ2) is 14.8. The lowest BCUT2D eigenvalue weighted by Gasteiger charge is -2.39. The van der Waals surface area contributed by atoms with Gasteiger partial charge in [-0.25, -0.2) is 22.2 Å². The molecule has 1 aliphatic heterocycles. The molecule has 0 saturated carbocycles. The number of hydrogen-bond acceptors (Lipinski definition) is 8. The van der Waals surface area contributed by atoms with Crippen molar-refractivity contribution in [2.24, 2.45) is 11.7 Å². The van der Waals surface area contributed by atoms with E-state index in [1.807, 2.05) is 0 Å². The maximum atomic E-state index is 13.8. The number of nitrogens with two attached hydrogens (primary N) is 1. The van der Waals surface area contributed by atoms with Gasteiger partial charge in [-0.1, -0.05) is 26.7 Å². The molecule has 2 aromatic carbocycles. The van der Waals surface area contributed by atoms with E-state index in [9.17, 15) is 17.2 Å². The second-order valence-electron chi connectivity index (χ2n) is 10.6. The highest BCUT2D eigenvalue weighted by atomic mass is 32.2. The summed E-state index contributed by atoms with van der Waals surface area (Å²) in [4.78, 5) is 11.2. The van der Waals surface area contributed by atoms with Gasteiger partial charge in [0.1, 0.15) is 5.82 Å². The Bertz CT molecular complexity index is 1400. The van der Waals surface area contributed by atoms with Gasteiger partial charge < -0.3 is 21.3 Å². The van der Waals surface area contributed by atoms with Crippen LogP contribution in [0.4, 0.5) is 31.9 Å². The number of aromatic nitrogens is 2. The summed E-state index contributed by atoms with van der Waals surface area (Å²) >= 11 is 0. The fourth-order valence-electron chi connectivity index (χ4n) is 5.23. The summed E-state index contributed by atoms with van der Waals surface area (Å²) in [5.41, 5.74) is 6.71. The van der Waals surface area contributed by atoms with Crippen molar-refractivity contribution in [3.8, 4) is 0 Å². The van der Waals surface area contributed by atoms with Crippen molar-refractivity contribution in [3.05, 3.63) is 66.4 Å². The van der Waals surface area contributed by atoms with Gasteiger partial charge in [-0.15, -0.1) is 0 Å². The van der Waals surface area contributed by atoms with Crippen LogP contribution in [-0.2, 0) is 10.0 Å². The molecular weight excluding hydrogens is 560 g/mol. The van der Waals surface area contributed by atoms with E-state index in [4.69, 9.17) is 5.73 Å².